The van der Waals surface area contributed by atoms with Crippen LogP contribution in [0.3, 0.4) is 0 Å². The predicted molar refractivity (Wildman–Crippen MR) is 68.5 cm³/mol. The molecule has 0 aliphatic heterocycles. The molecule has 19 heavy (non-hydrogen) atoms. The van der Waals surface area contributed by atoms with Crippen LogP contribution in [0.15, 0.2) is 42.5 Å². The van der Waals surface area contributed by atoms with E-state index in [0.717, 1.165) is 11.6 Å². The Morgan fingerprint density at radius 2 is 2.05 bits per heavy atom. The SMILES string of the molecule is O=[N+]([O-])c1ccc(NCc2cccc(O)c2)c(F)c1. The van der Waals surface area contributed by atoms with Crippen molar-refractivity contribution in [2.24, 2.45) is 0 Å². The molecule has 0 spiro atoms. The predicted octanol–water partition coefficient (Wildman–Crippen LogP) is 3.05. The van der Waals surface area contributed by atoms with E-state index in [1.54, 1.807) is 18.2 Å². The van der Waals surface area contributed by atoms with Crippen molar-refractivity contribution < 1.29 is 14.4 Å². The zero-order chi connectivity index (χ0) is 13.8. The lowest BCUT2D eigenvalue weighted by molar-refractivity contribution is -0.385. The van der Waals surface area contributed by atoms with Gasteiger partial charge in [-0.05, 0) is 23.8 Å². The van der Waals surface area contributed by atoms with E-state index < -0.39 is 10.7 Å². The maximum atomic E-state index is 13.6. The van der Waals surface area contributed by atoms with Gasteiger partial charge >= 0.3 is 0 Å². The fourth-order valence-electron chi connectivity index (χ4n) is 1.62. The number of nitrogens with one attached hydrogen (secondary N) is 1. The van der Waals surface area contributed by atoms with Crippen molar-refractivity contribution >= 4 is 11.4 Å². The van der Waals surface area contributed by atoms with E-state index in [1.807, 2.05) is 0 Å². The van der Waals surface area contributed by atoms with E-state index in [4.69, 9.17) is 0 Å². The van der Waals surface area contributed by atoms with Crippen LogP contribution in [0.25, 0.3) is 0 Å². The highest BCUT2D eigenvalue weighted by atomic mass is 19.1. The van der Waals surface area contributed by atoms with Gasteiger partial charge in [0.05, 0.1) is 16.7 Å². The number of phenols is 1. The quantitative estimate of drug-likeness (QED) is 0.656. The third kappa shape index (κ3) is 3.19. The number of nitrogens with zero attached hydrogens (tertiary/aromatic N) is 1. The topological polar surface area (TPSA) is 75.4 Å². The summed E-state index contributed by atoms with van der Waals surface area (Å²) in [7, 11) is 0. The molecule has 0 atom stereocenters. The standard InChI is InChI=1S/C13H11FN2O3/c14-12-7-10(16(18)19)4-5-13(12)15-8-9-2-1-3-11(17)6-9/h1-7,15,17H,8H2. The van der Waals surface area contributed by atoms with Gasteiger partial charge in [-0.15, -0.1) is 0 Å². The van der Waals surface area contributed by atoms with E-state index >= 15 is 0 Å². The van der Waals surface area contributed by atoms with Crippen LogP contribution >= 0.6 is 0 Å². The number of aromatic hydroxyl groups is 1. The van der Waals surface area contributed by atoms with E-state index in [9.17, 15) is 19.6 Å². The number of benzene rings is 2. The van der Waals surface area contributed by atoms with Crippen molar-refractivity contribution in [3.05, 3.63) is 64.0 Å². The summed E-state index contributed by atoms with van der Waals surface area (Å²) in [5.74, 6) is -0.558. The van der Waals surface area contributed by atoms with Crippen LogP contribution in [-0.2, 0) is 6.54 Å². The van der Waals surface area contributed by atoms with Crippen LogP contribution in [0.4, 0.5) is 15.8 Å². The van der Waals surface area contributed by atoms with Crippen molar-refractivity contribution in [1.82, 2.24) is 0 Å². The average molecular weight is 262 g/mol. The Morgan fingerprint density at radius 3 is 2.68 bits per heavy atom. The van der Waals surface area contributed by atoms with Crippen LogP contribution < -0.4 is 5.32 Å². The molecule has 0 aliphatic rings. The summed E-state index contributed by atoms with van der Waals surface area (Å²) in [6.45, 7) is 0.309. The molecular weight excluding hydrogens is 251 g/mol. The van der Waals surface area contributed by atoms with Gasteiger partial charge in [0.15, 0.2) is 5.82 Å². The number of phenolic OH excluding ortho intramolecular Hbond substituents is 1. The number of halogens is 1. The molecule has 0 heterocycles. The summed E-state index contributed by atoms with van der Waals surface area (Å²) in [6.07, 6.45) is 0. The first-order valence-electron chi connectivity index (χ1n) is 5.52. The Morgan fingerprint density at radius 1 is 1.26 bits per heavy atom. The summed E-state index contributed by atoms with van der Waals surface area (Å²) in [5.41, 5.74) is 0.659. The lowest BCUT2D eigenvalue weighted by Crippen LogP contribution is -2.01. The molecule has 0 amide bonds. The minimum Gasteiger partial charge on any atom is -0.508 e. The number of hydrogen-bond donors (Lipinski definition) is 2. The second-order valence-corrected chi connectivity index (χ2v) is 3.94. The van der Waals surface area contributed by atoms with Gasteiger partial charge in [0.1, 0.15) is 5.75 Å². The molecule has 2 aromatic carbocycles. The molecule has 2 aromatic rings. The first kappa shape index (κ1) is 12.8. The average Bonchev–Trinajstić information content (AvgIpc) is 2.37. The van der Waals surface area contributed by atoms with Crippen LogP contribution in [0.5, 0.6) is 5.75 Å². The summed E-state index contributed by atoms with van der Waals surface area (Å²) >= 11 is 0. The molecule has 0 fully saturated rings. The first-order chi connectivity index (χ1) is 9.06. The van der Waals surface area contributed by atoms with Crippen LogP contribution in [0, 0.1) is 15.9 Å². The Kier molecular flexibility index (Phi) is 3.61. The van der Waals surface area contributed by atoms with Crippen molar-refractivity contribution in [3.63, 3.8) is 0 Å². The van der Waals surface area contributed by atoms with Gasteiger partial charge in [0, 0.05) is 12.6 Å². The number of rotatable bonds is 4. The zero-order valence-corrected chi connectivity index (χ0v) is 9.84. The summed E-state index contributed by atoms with van der Waals surface area (Å²) in [6, 6.07) is 9.95. The van der Waals surface area contributed by atoms with Gasteiger partial charge in [0.25, 0.3) is 5.69 Å². The molecule has 0 radical (unpaired) electrons. The smallest absolute Gasteiger partial charge is 0.272 e. The van der Waals surface area contributed by atoms with Crippen LogP contribution in [0.1, 0.15) is 5.56 Å². The highest BCUT2D eigenvalue weighted by Gasteiger charge is 2.10. The third-order valence-corrected chi connectivity index (χ3v) is 2.56. The van der Waals surface area contributed by atoms with Crippen molar-refractivity contribution in [3.8, 4) is 5.75 Å². The van der Waals surface area contributed by atoms with Gasteiger partial charge in [-0.2, -0.15) is 0 Å². The number of nitro groups is 1. The van der Waals surface area contributed by atoms with Gasteiger partial charge in [-0.25, -0.2) is 4.39 Å². The van der Waals surface area contributed by atoms with Gasteiger partial charge < -0.3 is 10.4 Å². The number of nitro benzene ring substituents is 1. The minimum absolute atomic E-state index is 0.128. The second kappa shape index (κ2) is 5.34. The largest absolute Gasteiger partial charge is 0.508 e. The molecule has 0 aromatic heterocycles. The van der Waals surface area contributed by atoms with Gasteiger partial charge in [0.2, 0.25) is 0 Å². The van der Waals surface area contributed by atoms with E-state index in [0.29, 0.717) is 6.54 Å². The number of anilines is 1. The highest BCUT2D eigenvalue weighted by Crippen LogP contribution is 2.21. The molecule has 2 N–H and O–H groups in total. The molecule has 6 heteroatoms. The normalized spacial score (nSPS) is 10.2. The molecule has 0 bridgehead atoms. The highest BCUT2D eigenvalue weighted by molar-refractivity contribution is 5.50. The van der Waals surface area contributed by atoms with Crippen molar-refractivity contribution in [2.75, 3.05) is 5.32 Å². The van der Waals surface area contributed by atoms with E-state index in [-0.39, 0.29) is 17.1 Å². The summed E-state index contributed by atoms with van der Waals surface area (Å²) in [5, 5.41) is 22.6. The van der Waals surface area contributed by atoms with Crippen molar-refractivity contribution in [2.45, 2.75) is 6.54 Å². The van der Waals surface area contributed by atoms with Crippen molar-refractivity contribution in [1.29, 1.82) is 0 Å². The molecule has 5 nitrogen and oxygen atoms in total. The van der Waals surface area contributed by atoms with Gasteiger partial charge in [-0.1, -0.05) is 12.1 Å². The maximum Gasteiger partial charge on any atom is 0.272 e. The molecular formula is C13H11FN2O3. The fraction of sp³-hybridized carbons (Fsp3) is 0.0769. The molecule has 0 unspecified atom stereocenters. The molecule has 98 valence electrons. The number of hydrogen-bond acceptors (Lipinski definition) is 4. The fourth-order valence-corrected chi connectivity index (χ4v) is 1.62. The molecule has 0 aliphatic carbocycles. The Labute approximate surface area is 108 Å². The molecule has 0 saturated heterocycles. The first-order valence-corrected chi connectivity index (χ1v) is 5.52. The number of non-ortho nitro benzene ring substituents is 1. The lowest BCUT2D eigenvalue weighted by Gasteiger charge is -2.07. The Bertz CT molecular complexity index is 617. The minimum atomic E-state index is -0.686. The molecule has 2 rings (SSSR count). The zero-order valence-electron chi connectivity index (χ0n) is 9.84. The van der Waals surface area contributed by atoms with E-state index in [2.05, 4.69) is 5.32 Å². The Hall–Kier alpha value is -2.63. The molecule has 0 saturated carbocycles. The summed E-state index contributed by atoms with van der Waals surface area (Å²) < 4.78 is 13.6. The summed E-state index contributed by atoms with van der Waals surface area (Å²) in [4.78, 5) is 9.82. The van der Waals surface area contributed by atoms with E-state index in [1.165, 1.54) is 18.2 Å². The second-order valence-electron chi connectivity index (χ2n) is 3.94. The van der Waals surface area contributed by atoms with Crippen LogP contribution in [-0.4, -0.2) is 10.0 Å². The Balaban J connectivity index is 2.10. The van der Waals surface area contributed by atoms with Gasteiger partial charge in [-0.3, -0.25) is 10.1 Å². The lowest BCUT2D eigenvalue weighted by atomic mass is 10.2. The van der Waals surface area contributed by atoms with Crippen LogP contribution in [0.2, 0.25) is 0 Å². The third-order valence-electron chi connectivity index (χ3n) is 2.56. The monoisotopic (exact) mass is 262 g/mol. The maximum absolute atomic E-state index is 13.6.